The number of carbonyl (C=O) groups excluding carboxylic acids is 2. The molecule has 0 aromatic heterocycles. The number of aryl methyl sites for hydroxylation is 1. The molecule has 0 radical (unpaired) electrons. The Kier molecular flexibility index (Phi) is 4.34. The fourth-order valence-electron chi connectivity index (χ4n) is 3.20. The number of carbonyl (C=O) groups is 2. The second-order valence-electron chi connectivity index (χ2n) is 7.35. The highest BCUT2D eigenvalue weighted by Gasteiger charge is 2.35. The van der Waals surface area contributed by atoms with Crippen LogP contribution in [0.15, 0.2) is 48.5 Å². The Bertz CT molecular complexity index is 860. The minimum Gasteiger partial charge on any atom is -0.315 e. The van der Waals surface area contributed by atoms with Gasteiger partial charge in [-0.2, -0.15) is 0 Å². The molecule has 0 saturated carbocycles. The molecule has 0 bridgehead atoms. The Morgan fingerprint density at radius 3 is 2.48 bits per heavy atom. The lowest BCUT2D eigenvalue weighted by Crippen LogP contribution is -2.39. The van der Waals surface area contributed by atoms with Gasteiger partial charge >= 0.3 is 0 Å². The number of ketones is 1. The lowest BCUT2D eigenvalue weighted by Gasteiger charge is -2.37. The smallest absolute Gasteiger partial charge is 0.227 e. The molecule has 0 unspecified atom stereocenters. The van der Waals surface area contributed by atoms with Gasteiger partial charge in [-0.15, -0.1) is 0 Å². The SMILES string of the molecule is Cc1ccc(/C=C/C(=O)c2ccc3c(c2)C(C)(C)CC(=O)N3C)cc1. The molecule has 0 spiro atoms. The first kappa shape index (κ1) is 17.2. The van der Waals surface area contributed by atoms with Crippen molar-refractivity contribution in [2.75, 3.05) is 11.9 Å². The van der Waals surface area contributed by atoms with Crippen LogP contribution in [-0.4, -0.2) is 18.7 Å². The van der Waals surface area contributed by atoms with Crippen molar-refractivity contribution in [3.8, 4) is 0 Å². The van der Waals surface area contributed by atoms with Crippen LogP contribution >= 0.6 is 0 Å². The zero-order chi connectivity index (χ0) is 18.2. The van der Waals surface area contributed by atoms with Crippen molar-refractivity contribution in [3.05, 3.63) is 70.8 Å². The molecule has 3 nitrogen and oxygen atoms in total. The summed E-state index contributed by atoms with van der Waals surface area (Å²) in [7, 11) is 1.79. The number of rotatable bonds is 3. The molecule has 0 N–H and O–H groups in total. The van der Waals surface area contributed by atoms with E-state index in [0.717, 1.165) is 16.8 Å². The molecule has 1 heterocycles. The van der Waals surface area contributed by atoms with Crippen molar-refractivity contribution >= 4 is 23.5 Å². The highest BCUT2D eigenvalue weighted by atomic mass is 16.2. The van der Waals surface area contributed by atoms with Crippen molar-refractivity contribution < 1.29 is 9.59 Å². The fourth-order valence-corrected chi connectivity index (χ4v) is 3.20. The second-order valence-corrected chi connectivity index (χ2v) is 7.35. The van der Waals surface area contributed by atoms with Crippen molar-refractivity contribution in [3.63, 3.8) is 0 Å². The van der Waals surface area contributed by atoms with Gasteiger partial charge in [0.1, 0.15) is 0 Å². The van der Waals surface area contributed by atoms with E-state index in [1.165, 1.54) is 5.56 Å². The van der Waals surface area contributed by atoms with Crippen LogP contribution in [0, 0.1) is 6.92 Å². The van der Waals surface area contributed by atoms with Gasteiger partial charge in [-0.3, -0.25) is 9.59 Å². The Balaban J connectivity index is 1.90. The molecule has 0 atom stereocenters. The standard InChI is InChI=1S/C22H23NO2/c1-15-5-7-16(8-6-15)9-12-20(24)17-10-11-19-18(13-17)22(2,3)14-21(25)23(19)4/h5-13H,14H2,1-4H3/b12-9+. The molecular formula is C22H23NO2. The van der Waals surface area contributed by atoms with Gasteiger partial charge in [0.2, 0.25) is 5.91 Å². The molecule has 25 heavy (non-hydrogen) atoms. The minimum absolute atomic E-state index is 0.0290. The zero-order valence-corrected chi connectivity index (χ0v) is 15.2. The first-order valence-electron chi connectivity index (χ1n) is 8.48. The van der Waals surface area contributed by atoms with Crippen LogP contribution < -0.4 is 4.90 Å². The van der Waals surface area contributed by atoms with Crippen LogP contribution in [0.4, 0.5) is 5.69 Å². The third-order valence-corrected chi connectivity index (χ3v) is 4.84. The largest absolute Gasteiger partial charge is 0.315 e. The van der Waals surface area contributed by atoms with Gasteiger partial charge in [-0.1, -0.05) is 49.8 Å². The monoisotopic (exact) mass is 333 g/mol. The lowest BCUT2D eigenvalue weighted by atomic mass is 9.76. The molecule has 1 aliphatic rings. The van der Waals surface area contributed by atoms with Gasteiger partial charge < -0.3 is 4.90 Å². The summed E-state index contributed by atoms with van der Waals surface area (Å²) in [4.78, 5) is 26.4. The Morgan fingerprint density at radius 2 is 1.80 bits per heavy atom. The molecule has 3 heteroatoms. The highest BCUT2D eigenvalue weighted by Crippen LogP contribution is 2.40. The predicted molar refractivity (Wildman–Crippen MR) is 102 cm³/mol. The Hall–Kier alpha value is -2.68. The number of fused-ring (bicyclic) bond motifs is 1. The fraction of sp³-hybridized carbons (Fsp3) is 0.273. The average molecular weight is 333 g/mol. The van der Waals surface area contributed by atoms with Gasteiger partial charge in [-0.25, -0.2) is 0 Å². The topological polar surface area (TPSA) is 37.4 Å². The molecule has 128 valence electrons. The maximum absolute atomic E-state index is 12.6. The van der Waals surface area contributed by atoms with E-state index in [0.29, 0.717) is 12.0 Å². The average Bonchev–Trinajstić information content (AvgIpc) is 2.58. The van der Waals surface area contributed by atoms with Gasteiger partial charge in [0.15, 0.2) is 5.78 Å². The van der Waals surface area contributed by atoms with E-state index in [1.54, 1.807) is 24.1 Å². The summed E-state index contributed by atoms with van der Waals surface area (Å²) in [6, 6.07) is 13.6. The van der Waals surface area contributed by atoms with Gasteiger partial charge in [-0.05, 0) is 42.3 Å². The molecule has 3 rings (SSSR count). The van der Waals surface area contributed by atoms with Crippen LogP contribution in [0.3, 0.4) is 0 Å². The molecule has 2 aromatic rings. The van der Waals surface area contributed by atoms with E-state index >= 15 is 0 Å². The molecular weight excluding hydrogens is 310 g/mol. The first-order chi connectivity index (χ1) is 11.8. The Morgan fingerprint density at radius 1 is 1.12 bits per heavy atom. The molecule has 1 aliphatic heterocycles. The van der Waals surface area contributed by atoms with Crippen LogP contribution in [0.1, 0.15) is 47.3 Å². The van der Waals surface area contributed by atoms with Crippen molar-refractivity contribution in [1.82, 2.24) is 0 Å². The second kappa shape index (κ2) is 6.32. The van der Waals surface area contributed by atoms with Crippen LogP contribution in [0.2, 0.25) is 0 Å². The number of benzene rings is 2. The predicted octanol–water partition coefficient (Wildman–Crippen LogP) is 4.54. The lowest BCUT2D eigenvalue weighted by molar-refractivity contribution is -0.119. The van der Waals surface area contributed by atoms with E-state index in [4.69, 9.17) is 0 Å². The zero-order valence-electron chi connectivity index (χ0n) is 15.2. The van der Waals surface area contributed by atoms with Gasteiger partial charge in [0.25, 0.3) is 0 Å². The van der Waals surface area contributed by atoms with E-state index < -0.39 is 0 Å². The number of hydrogen-bond acceptors (Lipinski definition) is 2. The van der Waals surface area contributed by atoms with E-state index in [9.17, 15) is 9.59 Å². The number of allylic oxidation sites excluding steroid dienone is 1. The maximum atomic E-state index is 12.6. The van der Waals surface area contributed by atoms with E-state index in [1.807, 2.05) is 63.2 Å². The number of hydrogen-bond donors (Lipinski definition) is 0. The van der Waals surface area contributed by atoms with E-state index in [-0.39, 0.29) is 17.1 Å². The van der Waals surface area contributed by atoms with Crippen molar-refractivity contribution in [2.45, 2.75) is 32.6 Å². The summed E-state index contributed by atoms with van der Waals surface area (Å²) >= 11 is 0. The third kappa shape index (κ3) is 3.41. The molecule has 1 amide bonds. The third-order valence-electron chi connectivity index (χ3n) is 4.84. The maximum Gasteiger partial charge on any atom is 0.227 e. The molecule has 0 aliphatic carbocycles. The highest BCUT2D eigenvalue weighted by molar-refractivity contribution is 6.08. The van der Waals surface area contributed by atoms with Crippen LogP contribution in [0.25, 0.3) is 6.08 Å². The summed E-state index contributed by atoms with van der Waals surface area (Å²) in [5.41, 5.74) is 4.51. The van der Waals surface area contributed by atoms with E-state index in [2.05, 4.69) is 0 Å². The first-order valence-corrected chi connectivity index (χ1v) is 8.48. The number of nitrogens with zero attached hydrogens (tertiary/aromatic N) is 1. The van der Waals surface area contributed by atoms with Crippen molar-refractivity contribution in [2.24, 2.45) is 0 Å². The molecule has 0 saturated heterocycles. The molecule has 2 aromatic carbocycles. The van der Waals surface area contributed by atoms with Gasteiger partial charge in [0, 0.05) is 30.1 Å². The van der Waals surface area contributed by atoms with Gasteiger partial charge in [0.05, 0.1) is 0 Å². The Labute approximate surface area is 149 Å². The normalized spacial score (nSPS) is 16.2. The summed E-state index contributed by atoms with van der Waals surface area (Å²) in [5, 5.41) is 0. The summed E-state index contributed by atoms with van der Waals surface area (Å²) < 4.78 is 0. The quantitative estimate of drug-likeness (QED) is 0.611. The number of amides is 1. The number of anilines is 1. The van der Waals surface area contributed by atoms with Crippen LogP contribution in [0.5, 0.6) is 0 Å². The summed E-state index contributed by atoms with van der Waals surface area (Å²) in [6.07, 6.45) is 3.90. The minimum atomic E-state index is -0.268. The molecule has 0 fully saturated rings. The van der Waals surface area contributed by atoms with Crippen LogP contribution in [-0.2, 0) is 10.2 Å². The summed E-state index contributed by atoms with van der Waals surface area (Å²) in [5.74, 6) is 0.0783. The van der Waals surface area contributed by atoms with Crippen molar-refractivity contribution in [1.29, 1.82) is 0 Å². The summed E-state index contributed by atoms with van der Waals surface area (Å²) in [6.45, 7) is 6.13.